The Balaban J connectivity index is 1.75. The lowest BCUT2D eigenvalue weighted by Gasteiger charge is -2.31. The number of nitrogens with zero attached hydrogens (tertiary/aromatic N) is 1. The fourth-order valence-electron chi connectivity index (χ4n) is 3.90. The fourth-order valence-corrected chi connectivity index (χ4v) is 4.42. The molecule has 0 aliphatic heterocycles. The molecule has 3 aromatic rings. The van der Waals surface area contributed by atoms with Crippen LogP contribution in [0.2, 0.25) is 0 Å². The van der Waals surface area contributed by atoms with Crippen LogP contribution in [0, 0.1) is 5.41 Å². The largest absolute Gasteiger partial charge is 0.497 e. The van der Waals surface area contributed by atoms with E-state index in [-0.39, 0.29) is 11.8 Å². The van der Waals surface area contributed by atoms with Gasteiger partial charge in [0.2, 0.25) is 5.91 Å². The molecule has 4 nitrogen and oxygen atoms in total. The lowest BCUT2D eigenvalue weighted by Crippen LogP contribution is -2.37. The van der Waals surface area contributed by atoms with E-state index >= 15 is 0 Å². The van der Waals surface area contributed by atoms with Gasteiger partial charge in [0, 0.05) is 17.5 Å². The SMILES string of the molecule is COc1ccc(C2c3ccccc3CC2(C)C(=O)Nc2nccs2)cc1. The Kier molecular flexibility index (Phi) is 4.24. The normalized spacial score (nSPS) is 21.2. The second-order valence-electron chi connectivity index (χ2n) is 6.79. The highest BCUT2D eigenvalue weighted by Crippen LogP contribution is 2.51. The minimum Gasteiger partial charge on any atom is -0.497 e. The Morgan fingerprint density at radius 2 is 2.00 bits per heavy atom. The van der Waals surface area contributed by atoms with Gasteiger partial charge in [-0.1, -0.05) is 36.4 Å². The van der Waals surface area contributed by atoms with Gasteiger partial charge in [0.05, 0.1) is 12.5 Å². The summed E-state index contributed by atoms with van der Waals surface area (Å²) < 4.78 is 5.28. The third kappa shape index (κ3) is 2.78. The van der Waals surface area contributed by atoms with Crippen LogP contribution in [0.1, 0.15) is 29.5 Å². The van der Waals surface area contributed by atoms with Gasteiger partial charge in [-0.2, -0.15) is 0 Å². The molecule has 1 aliphatic rings. The van der Waals surface area contributed by atoms with Gasteiger partial charge in [-0.3, -0.25) is 4.79 Å². The predicted molar refractivity (Wildman–Crippen MR) is 104 cm³/mol. The molecule has 1 heterocycles. The maximum Gasteiger partial charge on any atom is 0.233 e. The number of carbonyl (C=O) groups is 1. The highest BCUT2D eigenvalue weighted by atomic mass is 32.1. The Morgan fingerprint density at radius 1 is 1.23 bits per heavy atom. The minimum absolute atomic E-state index is 0.00414. The molecule has 5 heteroatoms. The zero-order chi connectivity index (χ0) is 18.1. The molecule has 132 valence electrons. The van der Waals surface area contributed by atoms with Crippen molar-refractivity contribution in [3.05, 3.63) is 76.8 Å². The molecule has 0 saturated heterocycles. The molecule has 2 unspecified atom stereocenters. The van der Waals surface area contributed by atoms with Gasteiger partial charge in [0.15, 0.2) is 5.13 Å². The molecular formula is C21H20N2O2S. The number of nitrogens with one attached hydrogen (secondary N) is 1. The van der Waals surface area contributed by atoms with E-state index in [1.165, 1.54) is 22.5 Å². The van der Waals surface area contributed by atoms with E-state index in [1.54, 1.807) is 13.3 Å². The highest BCUT2D eigenvalue weighted by molar-refractivity contribution is 7.13. The van der Waals surface area contributed by atoms with Gasteiger partial charge < -0.3 is 10.1 Å². The molecule has 2 aromatic carbocycles. The van der Waals surface area contributed by atoms with E-state index in [0.717, 1.165) is 11.3 Å². The van der Waals surface area contributed by atoms with Crippen molar-refractivity contribution in [2.45, 2.75) is 19.3 Å². The van der Waals surface area contributed by atoms with Crippen molar-refractivity contribution in [2.75, 3.05) is 12.4 Å². The van der Waals surface area contributed by atoms with Crippen molar-refractivity contribution in [3.63, 3.8) is 0 Å². The Morgan fingerprint density at radius 3 is 2.69 bits per heavy atom. The molecule has 0 bridgehead atoms. The number of anilines is 1. The van der Waals surface area contributed by atoms with Gasteiger partial charge in [0.1, 0.15) is 5.75 Å². The number of hydrogen-bond donors (Lipinski definition) is 1. The Labute approximate surface area is 156 Å². The molecule has 0 spiro atoms. The number of carbonyl (C=O) groups excluding carboxylic acids is 1. The first kappa shape index (κ1) is 16.8. The summed E-state index contributed by atoms with van der Waals surface area (Å²) in [5, 5.41) is 5.51. The third-order valence-corrected chi connectivity index (χ3v) is 5.87. The van der Waals surface area contributed by atoms with Crippen LogP contribution in [-0.2, 0) is 11.2 Å². The molecule has 0 saturated carbocycles. The molecule has 1 N–H and O–H groups in total. The van der Waals surface area contributed by atoms with Crippen LogP contribution in [0.15, 0.2) is 60.1 Å². The summed E-state index contributed by atoms with van der Waals surface area (Å²) in [5.41, 5.74) is 2.98. The van der Waals surface area contributed by atoms with Gasteiger partial charge in [-0.25, -0.2) is 4.98 Å². The molecule has 1 aliphatic carbocycles. The zero-order valence-electron chi connectivity index (χ0n) is 14.7. The first-order chi connectivity index (χ1) is 12.6. The molecule has 0 fully saturated rings. The van der Waals surface area contributed by atoms with Crippen LogP contribution in [0.5, 0.6) is 5.75 Å². The van der Waals surface area contributed by atoms with Crippen molar-refractivity contribution in [2.24, 2.45) is 5.41 Å². The standard InChI is InChI=1S/C21H20N2O2S/c1-21(19(24)23-20-22-11-12-26-20)13-15-5-3-4-6-17(15)18(21)14-7-9-16(25-2)10-8-14/h3-12,18H,13H2,1-2H3,(H,22,23,24). The van der Waals surface area contributed by atoms with Crippen molar-refractivity contribution in [1.29, 1.82) is 0 Å². The van der Waals surface area contributed by atoms with E-state index < -0.39 is 5.41 Å². The number of thiazole rings is 1. The Hall–Kier alpha value is -2.66. The predicted octanol–water partition coefficient (Wildman–Crippen LogP) is 4.48. The molecule has 1 amide bonds. The molecule has 1 aromatic heterocycles. The minimum atomic E-state index is -0.579. The van der Waals surface area contributed by atoms with Crippen molar-refractivity contribution in [3.8, 4) is 5.75 Å². The maximum atomic E-state index is 13.2. The van der Waals surface area contributed by atoms with Crippen molar-refractivity contribution < 1.29 is 9.53 Å². The van der Waals surface area contributed by atoms with Crippen LogP contribution < -0.4 is 10.1 Å². The molecule has 2 atom stereocenters. The number of ether oxygens (including phenoxy) is 1. The van der Waals surface area contributed by atoms with E-state index in [0.29, 0.717) is 11.6 Å². The van der Waals surface area contributed by atoms with Crippen LogP contribution in [0.25, 0.3) is 0 Å². The summed E-state index contributed by atoms with van der Waals surface area (Å²) in [6.45, 7) is 2.05. The number of aromatic nitrogens is 1. The monoisotopic (exact) mass is 364 g/mol. The first-order valence-electron chi connectivity index (χ1n) is 8.54. The van der Waals surface area contributed by atoms with E-state index in [9.17, 15) is 4.79 Å². The topological polar surface area (TPSA) is 51.2 Å². The van der Waals surface area contributed by atoms with Gasteiger partial charge in [0.25, 0.3) is 0 Å². The summed E-state index contributed by atoms with van der Waals surface area (Å²) in [5.74, 6) is 0.808. The second-order valence-corrected chi connectivity index (χ2v) is 7.69. The van der Waals surface area contributed by atoms with E-state index in [2.05, 4.69) is 34.6 Å². The number of amides is 1. The van der Waals surface area contributed by atoms with Crippen LogP contribution in [-0.4, -0.2) is 18.0 Å². The fraction of sp³-hybridized carbons (Fsp3) is 0.238. The average Bonchev–Trinajstić information content (AvgIpc) is 3.27. The smallest absolute Gasteiger partial charge is 0.233 e. The number of methoxy groups -OCH3 is 1. The van der Waals surface area contributed by atoms with Gasteiger partial charge in [-0.15, -0.1) is 11.3 Å². The van der Waals surface area contributed by atoms with Crippen LogP contribution >= 0.6 is 11.3 Å². The van der Waals surface area contributed by atoms with Crippen molar-refractivity contribution >= 4 is 22.4 Å². The maximum absolute atomic E-state index is 13.2. The summed E-state index contributed by atoms with van der Waals surface area (Å²) in [6, 6.07) is 16.3. The zero-order valence-corrected chi connectivity index (χ0v) is 15.5. The molecular weight excluding hydrogens is 344 g/mol. The first-order valence-corrected chi connectivity index (χ1v) is 9.42. The summed E-state index contributed by atoms with van der Waals surface area (Å²) in [4.78, 5) is 17.4. The number of rotatable bonds is 4. The lowest BCUT2D eigenvalue weighted by molar-refractivity contribution is -0.125. The number of hydrogen-bond acceptors (Lipinski definition) is 4. The highest BCUT2D eigenvalue weighted by Gasteiger charge is 2.48. The van der Waals surface area contributed by atoms with Gasteiger partial charge in [-0.05, 0) is 42.2 Å². The van der Waals surface area contributed by atoms with Gasteiger partial charge >= 0.3 is 0 Å². The average molecular weight is 364 g/mol. The summed E-state index contributed by atoms with van der Waals surface area (Å²) >= 11 is 1.44. The summed E-state index contributed by atoms with van der Waals surface area (Å²) in [6.07, 6.45) is 2.41. The quantitative estimate of drug-likeness (QED) is 0.742. The lowest BCUT2D eigenvalue weighted by atomic mass is 9.73. The van der Waals surface area contributed by atoms with Crippen molar-refractivity contribution in [1.82, 2.24) is 4.98 Å². The van der Waals surface area contributed by atoms with Crippen LogP contribution in [0.4, 0.5) is 5.13 Å². The number of fused-ring (bicyclic) bond motifs is 1. The molecule has 26 heavy (non-hydrogen) atoms. The summed E-state index contributed by atoms with van der Waals surface area (Å²) in [7, 11) is 1.66. The number of benzene rings is 2. The molecule has 0 radical (unpaired) electrons. The van der Waals surface area contributed by atoms with E-state index in [1.807, 2.05) is 36.6 Å². The second kappa shape index (κ2) is 6.57. The van der Waals surface area contributed by atoms with Crippen LogP contribution in [0.3, 0.4) is 0 Å². The van der Waals surface area contributed by atoms with E-state index in [4.69, 9.17) is 4.74 Å². The Bertz CT molecular complexity index is 921. The molecule has 4 rings (SSSR count). The third-order valence-electron chi connectivity index (χ3n) is 5.18.